The lowest BCUT2D eigenvalue weighted by Gasteiger charge is -2.06. The maximum Gasteiger partial charge on any atom is 0.0418 e. The fraction of sp³-hybridized carbons (Fsp3) is 0.300. The molecule has 0 saturated carbocycles. The molecule has 0 radical (unpaired) electrons. The third-order valence-electron chi connectivity index (χ3n) is 3.50. The smallest absolute Gasteiger partial charge is 0.0418 e. The normalized spacial score (nSPS) is 10.4. The summed E-state index contributed by atoms with van der Waals surface area (Å²) in [5.74, 6) is 6.53. The first kappa shape index (κ1) is 16.6. The zero-order valence-electron chi connectivity index (χ0n) is 13.3. The third kappa shape index (κ3) is 5.56. The van der Waals surface area contributed by atoms with Crippen molar-refractivity contribution < 1.29 is 0 Å². The van der Waals surface area contributed by atoms with Gasteiger partial charge in [-0.15, -0.1) is 0 Å². The molecule has 0 saturated heterocycles. The Kier molecular flexibility index (Phi) is 6.52. The number of benzene rings is 2. The largest absolute Gasteiger partial charge is 0.308 e. The molecule has 2 heteroatoms. The van der Waals surface area contributed by atoms with Crippen LogP contribution < -0.4 is 0 Å². The molecule has 2 aromatic rings. The van der Waals surface area contributed by atoms with Crippen LogP contribution in [0, 0.1) is 11.8 Å². The first-order chi connectivity index (χ1) is 10.6. The molecule has 0 aliphatic rings. The Hall–Kier alpha value is -1.75. The van der Waals surface area contributed by atoms with Gasteiger partial charge < -0.3 is 4.90 Å². The first-order valence-corrected chi connectivity index (χ1v) is 7.99. The highest BCUT2D eigenvalue weighted by atomic mass is 35.5. The minimum Gasteiger partial charge on any atom is -0.308 e. The second-order valence-electron chi connectivity index (χ2n) is 5.64. The summed E-state index contributed by atoms with van der Waals surface area (Å²) in [5, 5.41) is 0.750. The highest BCUT2D eigenvalue weighted by Crippen LogP contribution is 2.17. The SMILES string of the molecule is CN(C)CCC#Cc1cc(Cl)ccc1CCc1ccccc1. The lowest BCUT2D eigenvalue weighted by Crippen LogP contribution is -2.11. The second kappa shape index (κ2) is 8.63. The molecule has 0 spiro atoms. The van der Waals surface area contributed by atoms with Gasteiger partial charge in [0.2, 0.25) is 0 Å². The zero-order valence-corrected chi connectivity index (χ0v) is 14.0. The standard InChI is InChI=1S/C20H22ClN/c1-22(2)15-7-6-10-19-16-20(21)14-13-18(19)12-11-17-8-4-3-5-9-17/h3-5,8-9,13-14,16H,7,11-12,15H2,1-2H3. The molecule has 0 heterocycles. The third-order valence-corrected chi connectivity index (χ3v) is 3.74. The number of nitrogens with zero attached hydrogens (tertiary/aromatic N) is 1. The quantitative estimate of drug-likeness (QED) is 0.738. The molecule has 2 rings (SSSR count). The van der Waals surface area contributed by atoms with Crippen LogP contribution in [0.3, 0.4) is 0 Å². The van der Waals surface area contributed by atoms with Crippen molar-refractivity contribution in [2.75, 3.05) is 20.6 Å². The summed E-state index contributed by atoms with van der Waals surface area (Å²) in [6.45, 7) is 0.979. The fourth-order valence-electron chi connectivity index (χ4n) is 2.24. The molecule has 0 unspecified atom stereocenters. The predicted molar refractivity (Wildman–Crippen MR) is 95.4 cm³/mol. The van der Waals surface area contributed by atoms with E-state index in [-0.39, 0.29) is 0 Å². The van der Waals surface area contributed by atoms with Gasteiger partial charge in [-0.05, 0) is 50.2 Å². The highest BCUT2D eigenvalue weighted by Gasteiger charge is 2.02. The van der Waals surface area contributed by atoms with Crippen LogP contribution in [-0.4, -0.2) is 25.5 Å². The van der Waals surface area contributed by atoms with E-state index in [4.69, 9.17) is 11.6 Å². The van der Waals surface area contributed by atoms with E-state index in [1.807, 2.05) is 18.2 Å². The van der Waals surface area contributed by atoms with Crippen LogP contribution in [0.25, 0.3) is 0 Å². The molecule has 0 fully saturated rings. The number of hydrogen-bond acceptors (Lipinski definition) is 1. The summed E-state index contributed by atoms with van der Waals surface area (Å²) in [7, 11) is 4.12. The monoisotopic (exact) mass is 311 g/mol. The lowest BCUT2D eigenvalue weighted by atomic mass is 10.00. The van der Waals surface area contributed by atoms with E-state index in [9.17, 15) is 0 Å². The van der Waals surface area contributed by atoms with Crippen molar-refractivity contribution in [1.82, 2.24) is 4.90 Å². The van der Waals surface area contributed by atoms with Crippen LogP contribution in [0.5, 0.6) is 0 Å². The van der Waals surface area contributed by atoms with Gasteiger partial charge in [0.25, 0.3) is 0 Å². The summed E-state index contributed by atoms with van der Waals surface area (Å²) < 4.78 is 0. The highest BCUT2D eigenvalue weighted by molar-refractivity contribution is 6.30. The van der Waals surface area contributed by atoms with E-state index in [2.05, 4.69) is 61.2 Å². The molecule has 0 aliphatic heterocycles. The minimum absolute atomic E-state index is 0.750. The summed E-state index contributed by atoms with van der Waals surface area (Å²) in [6, 6.07) is 16.6. The number of rotatable bonds is 5. The minimum atomic E-state index is 0.750. The van der Waals surface area contributed by atoms with Gasteiger partial charge in [0, 0.05) is 23.6 Å². The number of hydrogen-bond donors (Lipinski definition) is 0. The van der Waals surface area contributed by atoms with E-state index in [1.165, 1.54) is 11.1 Å². The average molecular weight is 312 g/mol. The average Bonchev–Trinajstić information content (AvgIpc) is 2.51. The number of halogens is 1. The van der Waals surface area contributed by atoms with Gasteiger partial charge in [0.15, 0.2) is 0 Å². The van der Waals surface area contributed by atoms with Crippen molar-refractivity contribution >= 4 is 11.6 Å². The summed E-state index contributed by atoms with van der Waals surface area (Å²) >= 11 is 6.12. The Morgan fingerprint density at radius 2 is 1.77 bits per heavy atom. The van der Waals surface area contributed by atoms with Gasteiger partial charge in [-0.1, -0.05) is 59.8 Å². The van der Waals surface area contributed by atoms with E-state index >= 15 is 0 Å². The maximum absolute atomic E-state index is 6.12. The fourth-order valence-corrected chi connectivity index (χ4v) is 2.42. The van der Waals surface area contributed by atoms with Crippen LogP contribution in [0.15, 0.2) is 48.5 Å². The Morgan fingerprint density at radius 3 is 2.50 bits per heavy atom. The maximum atomic E-state index is 6.12. The van der Waals surface area contributed by atoms with Gasteiger partial charge in [-0.2, -0.15) is 0 Å². The number of aryl methyl sites for hydroxylation is 2. The molecule has 0 aromatic heterocycles. The predicted octanol–water partition coefficient (Wildman–Crippen LogP) is 4.43. The first-order valence-electron chi connectivity index (χ1n) is 7.61. The lowest BCUT2D eigenvalue weighted by molar-refractivity contribution is 0.420. The van der Waals surface area contributed by atoms with E-state index in [0.29, 0.717) is 0 Å². The van der Waals surface area contributed by atoms with E-state index < -0.39 is 0 Å². The van der Waals surface area contributed by atoms with Crippen LogP contribution in [-0.2, 0) is 12.8 Å². The summed E-state index contributed by atoms with van der Waals surface area (Å²) in [6.07, 6.45) is 2.88. The molecule has 1 nitrogen and oxygen atoms in total. The van der Waals surface area contributed by atoms with E-state index in [1.54, 1.807) is 0 Å². The molecule has 0 amide bonds. The van der Waals surface area contributed by atoms with Crippen molar-refractivity contribution in [3.63, 3.8) is 0 Å². The molecular weight excluding hydrogens is 290 g/mol. The van der Waals surface area contributed by atoms with Crippen LogP contribution in [0.4, 0.5) is 0 Å². The molecule has 0 N–H and O–H groups in total. The van der Waals surface area contributed by atoms with Crippen molar-refractivity contribution in [3.05, 3.63) is 70.2 Å². The van der Waals surface area contributed by atoms with E-state index in [0.717, 1.165) is 36.4 Å². The van der Waals surface area contributed by atoms with Gasteiger partial charge in [0.1, 0.15) is 0 Å². The van der Waals surface area contributed by atoms with Gasteiger partial charge in [-0.25, -0.2) is 0 Å². The van der Waals surface area contributed by atoms with Crippen molar-refractivity contribution in [2.24, 2.45) is 0 Å². The molecule has 22 heavy (non-hydrogen) atoms. The van der Waals surface area contributed by atoms with Crippen LogP contribution >= 0.6 is 11.6 Å². The Balaban J connectivity index is 2.07. The molecule has 0 aliphatic carbocycles. The van der Waals surface area contributed by atoms with Crippen LogP contribution in [0.1, 0.15) is 23.1 Å². The summed E-state index contributed by atoms with van der Waals surface area (Å²) in [4.78, 5) is 2.14. The molecular formula is C20H22ClN. The Labute approximate surface area is 138 Å². The second-order valence-corrected chi connectivity index (χ2v) is 6.08. The molecule has 2 aromatic carbocycles. The molecule has 114 valence electrons. The van der Waals surface area contributed by atoms with Crippen molar-refractivity contribution in [3.8, 4) is 11.8 Å². The zero-order chi connectivity index (χ0) is 15.8. The molecule has 0 atom stereocenters. The van der Waals surface area contributed by atoms with Crippen molar-refractivity contribution in [2.45, 2.75) is 19.3 Å². The van der Waals surface area contributed by atoms with Gasteiger partial charge in [-0.3, -0.25) is 0 Å². The van der Waals surface area contributed by atoms with Crippen molar-refractivity contribution in [1.29, 1.82) is 0 Å². The summed E-state index contributed by atoms with van der Waals surface area (Å²) in [5.41, 5.74) is 3.68. The molecule has 0 bridgehead atoms. The Bertz CT molecular complexity index is 650. The topological polar surface area (TPSA) is 3.24 Å². The Morgan fingerprint density at radius 1 is 1.00 bits per heavy atom. The van der Waals surface area contributed by atoms with Gasteiger partial charge in [0.05, 0.1) is 0 Å². The van der Waals surface area contributed by atoms with Crippen LogP contribution in [0.2, 0.25) is 5.02 Å². The van der Waals surface area contributed by atoms with Gasteiger partial charge >= 0.3 is 0 Å².